The summed E-state index contributed by atoms with van der Waals surface area (Å²) in [5, 5.41) is 2.06. The van der Waals surface area contributed by atoms with E-state index in [1.165, 1.54) is 32.9 Å². The van der Waals surface area contributed by atoms with Crippen molar-refractivity contribution in [1.29, 1.82) is 0 Å². The van der Waals surface area contributed by atoms with Gasteiger partial charge in [-0.15, -0.1) is 0 Å². The smallest absolute Gasteiger partial charge is 0.541 e. The van der Waals surface area contributed by atoms with Crippen LogP contribution in [0.3, 0.4) is 0 Å². The van der Waals surface area contributed by atoms with E-state index < -0.39 is 17.9 Å². The molecule has 1 amide bonds. The van der Waals surface area contributed by atoms with Crippen LogP contribution in [0.25, 0.3) is 0 Å². The van der Waals surface area contributed by atoms with E-state index in [4.69, 9.17) is 0 Å². The average Bonchev–Trinajstić information content (AvgIpc) is 2.51. The van der Waals surface area contributed by atoms with Crippen LogP contribution in [0.5, 0.6) is 0 Å². The molecular weight excluding hydrogens is 450 g/mol. The van der Waals surface area contributed by atoms with Crippen LogP contribution in [0, 0.1) is 19.3 Å². The Bertz CT molecular complexity index is 436. The fraction of sp³-hybridized carbons (Fsp3) is 0.765. The topological polar surface area (TPSA) is 52.7 Å². The van der Waals surface area contributed by atoms with Crippen LogP contribution in [0.15, 0.2) is 0 Å². The van der Waals surface area contributed by atoms with E-state index in [2.05, 4.69) is 51.6 Å². The molecule has 1 spiro atoms. The summed E-state index contributed by atoms with van der Waals surface area (Å²) in [5.41, 5.74) is 0.602. The fourth-order valence-corrected chi connectivity index (χ4v) is 3.70. The molecule has 0 bridgehead atoms. The first-order valence-corrected chi connectivity index (χ1v) is 9.83. The maximum atomic E-state index is 12.4. The van der Waals surface area contributed by atoms with Gasteiger partial charge in [-0.25, -0.2) is 15.1 Å². The maximum absolute atomic E-state index is 12.4. The Morgan fingerprint density at radius 3 is 2.19 bits per heavy atom. The molecule has 146 valence electrons. The molecule has 2 heterocycles. The molecule has 0 aromatic heterocycles. The van der Waals surface area contributed by atoms with Crippen LogP contribution in [0.1, 0.15) is 26.2 Å². The van der Waals surface area contributed by atoms with Crippen molar-refractivity contribution in [3.63, 3.8) is 0 Å². The molecule has 0 saturated carbocycles. The van der Waals surface area contributed by atoms with E-state index in [1.54, 1.807) is 0 Å². The summed E-state index contributed by atoms with van der Waals surface area (Å²) >= 11 is 2.43. The number of amides is 1. The van der Waals surface area contributed by atoms with Crippen LogP contribution in [0.4, 0.5) is 8.78 Å². The number of carbonyl (C=O) groups excluding carboxylic acids is 2. The number of hydrogen-bond acceptors (Lipinski definition) is 4. The molecule has 2 saturated heterocycles. The second-order valence-electron chi connectivity index (χ2n) is 6.83. The first-order valence-electron chi connectivity index (χ1n) is 8.31. The standard InChI is InChI=1S/C10H16IN2O.C7H11F2NO.Li/c11-9-13-7-10(8-13)1-3-12(4-2-10)5-6-14;1-4-6(7(3,8)9)10-5(2)11;/h1-5,7-9H2;6H,1,3-4H2,2H3,(H,10,11);/q-1;-2;+1. The van der Waals surface area contributed by atoms with Crippen molar-refractivity contribution in [3.05, 3.63) is 13.8 Å². The van der Waals surface area contributed by atoms with E-state index in [9.17, 15) is 18.4 Å². The predicted octanol–water partition coefficient (Wildman–Crippen LogP) is -0.925. The Kier molecular flexibility index (Phi) is 12.1. The number of alkyl halides is 3. The monoisotopic (exact) mass is 477 g/mol. The van der Waals surface area contributed by atoms with Crippen molar-refractivity contribution in [2.45, 2.75) is 38.2 Å². The summed E-state index contributed by atoms with van der Waals surface area (Å²) in [6.07, 6.45) is 4.44. The molecule has 2 rings (SSSR count). The summed E-state index contributed by atoms with van der Waals surface area (Å²) in [5.74, 6) is -3.64. The number of rotatable bonds is 6. The molecule has 2 aliphatic rings. The van der Waals surface area contributed by atoms with E-state index in [0.717, 1.165) is 17.6 Å². The first kappa shape index (κ1) is 26.2. The van der Waals surface area contributed by atoms with E-state index in [0.29, 0.717) is 12.0 Å². The van der Waals surface area contributed by atoms with Gasteiger partial charge >= 0.3 is 18.9 Å². The zero-order valence-corrected chi connectivity index (χ0v) is 17.9. The summed E-state index contributed by atoms with van der Waals surface area (Å²) < 4.78 is 25.9. The average molecular weight is 477 g/mol. The van der Waals surface area contributed by atoms with E-state index >= 15 is 0 Å². The third kappa shape index (κ3) is 8.51. The number of hydrogen-bond donors (Lipinski definition) is 1. The molecule has 5 nitrogen and oxygen atoms in total. The maximum Gasteiger partial charge on any atom is 1.00 e. The molecule has 0 aromatic carbocycles. The minimum atomic E-state index is -3.15. The summed E-state index contributed by atoms with van der Waals surface area (Å²) in [7, 11) is 0. The molecule has 0 radical (unpaired) electrons. The van der Waals surface area contributed by atoms with Crippen LogP contribution >= 0.6 is 22.6 Å². The van der Waals surface area contributed by atoms with E-state index in [1.807, 2.05) is 6.29 Å². The van der Waals surface area contributed by atoms with Gasteiger partial charge in [-0.1, -0.05) is 29.1 Å². The number of nitrogens with one attached hydrogen (secondary N) is 1. The van der Waals surface area contributed by atoms with Crippen LogP contribution < -0.4 is 24.2 Å². The molecule has 2 aliphatic heterocycles. The van der Waals surface area contributed by atoms with Crippen LogP contribution in [0.2, 0.25) is 0 Å². The molecule has 0 aromatic rings. The molecule has 0 aliphatic carbocycles. The van der Waals surface area contributed by atoms with Crippen molar-refractivity contribution in [2.75, 3.05) is 37.3 Å². The van der Waals surface area contributed by atoms with Crippen molar-refractivity contribution in [1.82, 2.24) is 15.1 Å². The van der Waals surface area contributed by atoms with Crippen LogP contribution in [-0.4, -0.2) is 71.2 Å². The van der Waals surface area contributed by atoms with Crippen molar-refractivity contribution in [3.8, 4) is 0 Å². The van der Waals surface area contributed by atoms with Gasteiger partial charge in [0.1, 0.15) is 5.92 Å². The molecular formula is C17H27F2ILiN3O2-2. The van der Waals surface area contributed by atoms with Crippen molar-refractivity contribution < 1.29 is 37.2 Å². The SMILES string of the molecule is O=[C-]CN1CCC2(CC1)CN(CI)C2.[CH2-]CC(NC(C)=O)C([CH2-])(F)F.[Li+]. The van der Waals surface area contributed by atoms with Crippen molar-refractivity contribution in [2.24, 2.45) is 5.41 Å². The van der Waals surface area contributed by atoms with Gasteiger partial charge in [0.2, 0.25) is 5.91 Å². The Hall–Kier alpha value is 0.247. The van der Waals surface area contributed by atoms with Gasteiger partial charge in [0.25, 0.3) is 0 Å². The third-order valence-corrected chi connectivity index (χ3v) is 5.63. The fourth-order valence-electron chi connectivity index (χ4n) is 3.21. The van der Waals surface area contributed by atoms with Gasteiger partial charge < -0.3 is 21.9 Å². The second kappa shape index (κ2) is 11.9. The minimum Gasteiger partial charge on any atom is -0.541 e. The third-order valence-electron chi connectivity index (χ3n) is 4.67. The summed E-state index contributed by atoms with van der Waals surface area (Å²) in [6, 6.07) is -1.26. The van der Waals surface area contributed by atoms with Crippen LogP contribution in [-0.2, 0) is 9.59 Å². The largest absolute Gasteiger partial charge is 1.00 e. The zero-order chi connectivity index (χ0) is 19.1. The number of likely N-dealkylation sites (tertiary alicyclic amines) is 2. The number of piperidine rings is 1. The number of halogens is 3. The normalized spacial score (nSPS) is 20.8. The molecule has 2 fully saturated rings. The Morgan fingerprint density at radius 1 is 1.35 bits per heavy atom. The van der Waals surface area contributed by atoms with Crippen molar-refractivity contribution >= 4 is 34.8 Å². The predicted molar refractivity (Wildman–Crippen MR) is 102 cm³/mol. The molecule has 1 unspecified atom stereocenters. The Balaban J connectivity index is 0.000000479. The summed E-state index contributed by atoms with van der Waals surface area (Å²) in [4.78, 5) is 25.3. The molecule has 26 heavy (non-hydrogen) atoms. The van der Waals surface area contributed by atoms with Gasteiger partial charge in [-0.05, 0) is 31.3 Å². The second-order valence-corrected chi connectivity index (χ2v) is 7.51. The zero-order valence-electron chi connectivity index (χ0n) is 15.7. The summed E-state index contributed by atoms with van der Waals surface area (Å²) in [6.45, 7) is 12.3. The van der Waals surface area contributed by atoms with Gasteiger partial charge in [0.05, 0.1) is 4.55 Å². The van der Waals surface area contributed by atoms with Gasteiger partial charge in [0.15, 0.2) is 0 Å². The van der Waals surface area contributed by atoms with Gasteiger partial charge in [-0.2, -0.15) is 6.42 Å². The quantitative estimate of drug-likeness (QED) is 0.177. The van der Waals surface area contributed by atoms with Gasteiger partial charge in [-0.3, -0.25) is 16.6 Å². The van der Waals surface area contributed by atoms with Gasteiger partial charge in [0, 0.05) is 26.1 Å². The first-order chi connectivity index (χ1) is 11.7. The Morgan fingerprint density at radius 2 is 1.88 bits per heavy atom. The Labute approximate surface area is 181 Å². The molecule has 9 heteroatoms. The number of carbonyl (C=O) groups is 1. The molecule has 1 N–H and O–H groups in total. The van der Waals surface area contributed by atoms with E-state index in [-0.39, 0.29) is 25.3 Å². The number of nitrogens with zero attached hydrogens (tertiary/aromatic N) is 2. The minimum absolute atomic E-state index is 0. The molecule has 1 atom stereocenters.